The second-order valence-corrected chi connectivity index (χ2v) is 10.5. The summed E-state index contributed by atoms with van der Waals surface area (Å²) in [6.45, 7) is 0.433. The minimum absolute atomic E-state index is 0.136. The van der Waals surface area contributed by atoms with E-state index < -0.39 is 24.9 Å². The van der Waals surface area contributed by atoms with Crippen LogP contribution in [0.3, 0.4) is 0 Å². The Morgan fingerprint density at radius 3 is 2.57 bits per heavy atom. The number of sulfone groups is 1. The van der Waals surface area contributed by atoms with Crippen LogP contribution in [0.15, 0.2) is 17.5 Å². The van der Waals surface area contributed by atoms with E-state index in [4.69, 9.17) is 5.73 Å². The fourth-order valence-electron chi connectivity index (χ4n) is 1.50. The molecule has 21 heavy (non-hydrogen) atoms. The summed E-state index contributed by atoms with van der Waals surface area (Å²) in [7, 11) is -7.60. The molecule has 0 aliphatic heterocycles. The van der Waals surface area contributed by atoms with Gasteiger partial charge in [0.15, 0.2) is 20.1 Å². The average molecular weight is 367 g/mol. The van der Waals surface area contributed by atoms with Crippen molar-refractivity contribution in [1.82, 2.24) is 4.98 Å². The summed E-state index contributed by atoms with van der Waals surface area (Å²) in [5.74, 6) is 0. The monoisotopic (exact) mass is 367 g/mol. The SMILES string of the molecule is CS(=O)(=O)CS(=O)(=O)Nc1nc(-c2ccc(CN)s2)cs1. The third kappa shape index (κ3) is 4.74. The van der Waals surface area contributed by atoms with Gasteiger partial charge in [0.05, 0.1) is 10.6 Å². The largest absolute Gasteiger partial charge is 0.326 e. The smallest absolute Gasteiger partial charge is 0.248 e. The van der Waals surface area contributed by atoms with Gasteiger partial charge < -0.3 is 5.73 Å². The molecule has 116 valence electrons. The Labute approximate surface area is 130 Å². The number of thiazole rings is 1. The highest BCUT2D eigenvalue weighted by molar-refractivity contribution is 8.08. The molecule has 0 atom stereocenters. The molecule has 0 bridgehead atoms. The lowest BCUT2D eigenvalue weighted by atomic mass is 10.4. The van der Waals surface area contributed by atoms with Crippen LogP contribution in [0, 0.1) is 0 Å². The van der Waals surface area contributed by atoms with E-state index in [1.807, 2.05) is 12.1 Å². The molecule has 7 nitrogen and oxygen atoms in total. The molecule has 0 spiro atoms. The lowest BCUT2D eigenvalue weighted by molar-refractivity contribution is 0.595. The molecule has 0 fully saturated rings. The maximum Gasteiger partial charge on any atom is 0.248 e. The minimum atomic E-state index is -3.97. The summed E-state index contributed by atoms with van der Waals surface area (Å²) in [6, 6.07) is 3.74. The van der Waals surface area contributed by atoms with Crippen molar-refractivity contribution >= 4 is 47.7 Å². The van der Waals surface area contributed by atoms with Crippen molar-refractivity contribution in [3.05, 3.63) is 22.4 Å². The number of nitrogens with one attached hydrogen (secondary N) is 1. The van der Waals surface area contributed by atoms with Crippen LogP contribution in [0.2, 0.25) is 0 Å². The summed E-state index contributed by atoms with van der Waals surface area (Å²) in [5, 5.41) is 0.867. The van der Waals surface area contributed by atoms with Crippen LogP contribution in [0.4, 0.5) is 5.13 Å². The van der Waals surface area contributed by atoms with Gasteiger partial charge >= 0.3 is 0 Å². The molecule has 2 heterocycles. The zero-order valence-corrected chi connectivity index (χ0v) is 14.2. The summed E-state index contributed by atoms with van der Waals surface area (Å²) >= 11 is 2.57. The van der Waals surface area contributed by atoms with Crippen LogP contribution in [-0.2, 0) is 26.4 Å². The second-order valence-electron chi connectivity index (χ2n) is 4.27. The number of aromatic nitrogens is 1. The standard InChI is InChI=1S/C10H13N3O4S4/c1-20(14,15)6-21(16,17)13-10-12-8(5-18-10)9-3-2-7(4-11)19-9/h2-3,5H,4,6,11H2,1H3,(H,12,13). The Morgan fingerprint density at radius 1 is 1.29 bits per heavy atom. The van der Waals surface area contributed by atoms with Crippen molar-refractivity contribution in [2.75, 3.05) is 16.1 Å². The second kappa shape index (κ2) is 6.01. The van der Waals surface area contributed by atoms with Gasteiger partial charge in [-0.2, -0.15) is 0 Å². The van der Waals surface area contributed by atoms with E-state index in [1.165, 1.54) is 11.3 Å². The molecular weight excluding hydrogens is 354 g/mol. The Morgan fingerprint density at radius 2 is 2.00 bits per heavy atom. The van der Waals surface area contributed by atoms with Crippen LogP contribution in [0.1, 0.15) is 4.88 Å². The summed E-state index contributed by atoms with van der Waals surface area (Å²) in [5.41, 5.74) is 6.16. The van der Waals surface area contributed by atoms with Crippen molar-refractivity contribution in [2.45, 2.75) is 6.54 Å². The van der Waals surface area contributed by atoms with E-state index in [0.29, 0.717) is 12.2 Å². The van der Waals surface area contributed by atoms with Crippen molar-refractivity contribution in [2.24, 2.45) is 5.73 Å². The van der Waals surface area contributed by atoms with E-state index in [1.54, 1.807) is 5.38 Å². The van der Waals surface area contributed by atoms with Gasteiger partial charge in [0.25, 0.3) is 0 Å². The lowest BCUT2D eigenvalue weighted by Gasteiger charge is -2.02. The maximum absolute atomic E-state index is 11.7. The summed E-state index contributed by atoms with van der Waals surface area (Å²) < 4.78 is 47.6. The summed E-state index contributed by atoms with van der Waals surface area (Å²) in [4.78, 5) is 6.02. The average Bonchev–Trinajstić information content (AvgIpc) is 2.92. The first-order valence-corrected chi connectivity index (χ1v) is 11.0. The maximum atomic E-state index is 11.7. The first kappa shape index (κ1) is 16.4. The topological polar surface area (TPSA) is 119 Å². The summed E-state index contributed by atoms with van der Waals surface area (Å²) in [6.07, 6.45) is 0.861. The predicted octanol–water partition coefficient (Wildman–Crippen LogP) is 1.07. The number of thiophene rings is 1. The minimum Gasteiger partial charge on any atom is -0.326 e. The molecule has 0 saturated carbocycles. The van der Waals surface area contributed by atoms with Gasteiger partial charge in [0, 0.05) is 23.1 Å². The molecule has 0 saturated heterocycles. The van der Waals surface area contributed by atoms with E-state index in [9.17, 15) is 16.8 Å². The van der Waals surface area contributed by atoms with Gasteiger partial charge in [-0.15, -0.1) is 22.7 Å². The Hall–Kier alpha value is -1.01. The highest BCUT2D eigenvalue weighted by atomic mass is 32.3. The first-order valence-electron chi connectivity index (χ1n) is 5.61. The van der Waals surface area contributed by atoms with Crippen LogP contribution in [-0.4, -0.2) is 33.2 Å². The molecule has 11 heteroatoms. The van der Waals surface area contributed by atoms with Crippen molar-refractivity contribution in [1.29, 1.82) is 0 Å². The number of hydrogen-bond acceptors (Lipinski definition) is 8. The number of nitrogens with two attached hydrogens (primary N) is 1. The molecule has 0 aliphatic rings. The van der Waals surface area contributed by atoms with Crippen LogP contribution < -0.4 is 10.5 Å². The zero-order chi connectivity index (χ0) is 15.7. The number of nitrogens with zero attached hydrogens (tertiary/aromatic N) is 1. The van der Waals surface area contributed by atoms with E-state index in [0.717, 1.165) is 27.3 Å². The Kier molecular flexibility index (Phi) is 4.68. The van der Waals surface area contributed by atoms with Gasteiger partial charge in [0.1, 0.15) is 0 Å². The molecule has 2 rings (SSSR count). The molecule has 0 amide bonds. The van der Waals surface area contributed by atoms with Gasteiger partial charge in [-0.3, -0.25) is 4.72 Å². The van der Waals surface area contributed by atoms with E-state index >= 15 is 0 Å². The Balaban J connectivity index is 2.17. The molecular formula is C10H13N3O4S4. The molecule has 0 aromatic carbocycles. The van der Waals surface area contributed by atoms with Gasteiger partial charge in [-0.1, -0.05) is 0 Å². The highest BCUT2D eigenvalue weighted by Crippen LogP contribution is 2.30. The predicted molar refractivity (Wildman–Crippen MR) is 85.6 cm³/mol. The zero-order valence-electron chi connectivity index (χ0n) is 10.9. The van der Waals surface area contributed by atoms with Crippen molar-refractivity contribution < 1.29 is 16.8 Å². The van der Waals surface area contributed by atoms with Gasteiger partial charge in [-0.25, -0.2) is 21.8 Å². The fourth-order valence-corrected chi connectivity index (χ4v) is 6.35. The molecule has 0 unspecified atom stereocenters. The number of anilines is 1. The highest BCUT2D eigenvalue weighted by Gasteiger charge is 2.19. The Bertz CT molecular complexity index is 835. The molecule has 3 N–H and O–H groups in total. The van der Waals surface area contributed by atoms with E-state index in [-0.39, 0.29) is 5.13 Å². The molecule has 0 radical (unpaired) electrons. The molecule has 2 aromatic rings. The van der Waals surface area contributed by atoms with Crippen LogP contribution in [0.5, 0.6) is 0 Å². The first-order chi connectivity index (χ1) is 9.68. The third-order valence-electron chi connectivity index (χ3n) is 2.23. The number of hydrogen-bond donors (Lipinski definition) is 2. The fraction of sp³-hybridized carbons (Fsp3) is 0.300. The number of rotatable bonds is 6. The van der Waals surface area contributed by atoms with Crippen molar-refractivity contribution in [3.8, 4) is 10.6 Å². The lowest BCUT2D eigenvalue weighted by Crippen LogP contribution is -2.22. The van der Waals surface area contributed by atoms with Gasteiger partial charge in [-0.05, 0) is 12.1 Å². The normalized spacial score (nSPS) is 12.5. The van der Waals surface area contributed by atoms with Crippen molar-refractivity contribution in [3.63, 3.8) is 0 Å². The molecule has 2 aromatic heterocycles. The molecule has 0 aliphatic carbocycles. The van der Waals surface area contributed by atoms with E-state index in [2.05, 4.69) is 9.71 Å². The third-order valence-corrected chi connectivity index (χ3v) is 7.71. The van der Waals surface area contributed by atoms with Crippen LogP contribution >= 0.6 is 22.7 Å². The van der Waals surface area contributed by atoms with Gasteiger partial charge in [0.2, 0.25) is 10.0 Å². The van der Waals surface area contributed by atoms with Crippen LogP contribution in [0.25, 0.3) is 10.6 Å². The number of sulfonamides is 1. The quantitative estimate of drug-likeness (QED) is 0.788.